The summed E-state index contributed by atoms with van der Waals surface area (Å²) < 4.78 is 118. The average Bonchev–Trinajstić information content (AvgIpc) is 2.52. The first-order chi connectivity index (χ1) is 12.2. The molecule has 10 heteroatoms. The summed E-state index contributed by atoms with van der Waals surface area (Å²) in [5.74, 6) is 0. The Hall–Kier alpha value is -2.02. The van der Waals surface area contributed by atoms with E-state index in [0.717, 1.165) is 0 Å². The van der Waals surface area contributed by atoms with Gasteiger partial charge in [-0.3, -0.25) is 0 Å². The summed E-state index contributed by atoms with van der Waals surface area (Å²) in [5, 5.41) is -1.33. The van der Waals surface area contributed by atoms with Crippen LogP contribution in [0.4, 0.5) is 39.5 Å². The van der Waals surface area contributed by atoms with Crippen LogP contribution in [0.3, 0.4) is 0 Å². The van der Waals surface area contributed by atoms with Gasteiger partial charge in [-0.1, -0.05) is 45.5 Å². The fourth-order valence-electron chi connectivity index (χ4n) is 2.25. The van der Waals surface area contributed by atoms with E-state index in [1.54, 1.807) is 6.07 Å². The van der Waals surface area contributed by atoms with E-state index in [1.165, 1.54) is 24.3 Å². The zero-order valence-electron chi connectivity index (χ0n) is 13.2. The van der Waals surface area contributed by atoms with E-state index < -0.39 is 49.1 Å². The monoisotopic (exact) mass is 416 g/mol. The molecule has 1 atom stereocenters. The third kappa shape index (κ3) is 5.03. The Bertz CT molecular complexity index is 795. The molecule has 0 aliphatic carbocycles. The van der Waals surface area contributed by atoms with Crippen LogP contribution in [0.5, 0.6) is 0 Å². The molecule has 2 aromatic carbocycles. The summed E-state index contributed by atoms with van der Waals surface area (Å²) in [4.78, 5) is 0. The molecule has 2 rings (SSSR count). The van der Waals surface area contributed by atoms with Crippen molar-refractivity contribution in [3.05, 3.63) is 71.3 Å². The van der Waals surface area contributed by atoms with Crippen LogP contribution in [0.2, 0.25) is 0 Å². The van der Waals surface area contributed by atoms with Gasteiger partial charge in [0.2, 0.25) is 0 Å². The molecule has 27 heavy (non-hydrogen) atoms. The second-order valence-electron chi connectivity index (χ2n) is 5.41. The van der Waals surface area contributed by atoms with E-state index >= 15 is 0 Å². The normalized spacial score (nSPS) is 13.4. The molecule has 1 unspecified atom stereocenters. The summed E-state index contributed by atoms with van der Waals surface area (Å²) in [6.45, 7) is 3.49. The minimum Gasteiger partial charge on any atom is -0.166 e. The zero-order valence-corrected chi connectivity index (χ0v) is 14.2. The van der Waals surface area contributed by atoms with Crippen molar-refractivity contribution < 1.29 is 39.5 Å². The van der Waals surface area contributed by atoms with E-state index in [4.69, 9.17) is 0 Å². The van der Waals surface area contributed by atoms with Crippen LogP contribution in [0, 0.1) is 0 Å². The lowest BCUT2D eigenvalue weighted by molar-refractivity contribution is -0.147. The van der Waals surface area contributed by atoms with E-state index in [0.29, 0.717) is 0 Å². The molecule has 146 valence electrons. The lowest BCUT2D eigenvalue weighted by atomic mass is 10.0. The maximum Gasteiger partial charge on any atom is 0.417 e. The summed E-state index contributed by atoms with van der Waals surface area (Å²) in [6, 6.07) is 6.87. The smallest absolute Gasteiger partial charge is 0.166 e. The largest absolute Gasteiger partial charge is 0.417 e. The van der Waals surface area contributed by atoms with Crippen molar-refractivity contribution in [2.75, 3.05) is 0 Å². The van der Waals surface area contributed by atoms with Crippen molar-refractivity contribution in [2.45, 2.75) is 18.5 Å². The molecular weight excluding hydrogens is 406 g/mol. The molecule has 0 saturated heterocycles. The molecule has 0 aliphatic rings. The molecule has 0 bridgehead atoms. The van der Waals surface area contributed by atoms with Crippen molar-refractivity contribution in [3.63, 3.8) is 0 Å². The van der Waals surface area contributed by atoms with Crippen molar-refractivity contribution in [1.29, 1.82) is 0 Å². The van der Waals surface area contributed by atoms with Crippen LogP contribution in [-0.4, -0.2) is 0 Å². The predicted octanol–water partition coefficient (Wildman–Crippen LogP) is 6.72. The molecule has 0 spiro atoms. The molecule has 0 amide bonds. The Morgan fingerprint density at radius 3 is 1.52 bits per heavy atom. The Morgan fingerprint density at radius 1 is 0.704 bits per heavy atom. The van der Waals surface area contributed by atoms with E-state index in [1.807, 2.05) is 0 Å². The maximum atomic E-state index is 13.3. The number of alkyl halides is 9. The van der Waals surface area contributed by atoms with Crippen molar-refractivity contribution >= 4 is 19.2 Å². The highest BCUT2D eigenvalue weighted by Gasteiger charge is 2.44. The first-order valence-corrected chi connectivity index (χ1v) is 8.12. The summed E-state index contributed by atoms with van der Waals surface area (Å²) in [7, 11) is -1.22. The highest BCUT2D eigenvalue weighted by molar-refractivity contribution is 7.58. The number of hydrogen-bond acceptors (Lipinski definition) is 0. The molecule has 0 aliphatic heterocycles. The van der Waals surface area contributed by atoms with Gasteiger partial charge in [0.15, 0.2) is 0 Å². The van der Waals surface area contributed by atoms with Crippen LogP contribution in [-0.2, 0) is 18.5 Å². The minimum absolute atomic E-state index is 0.0636. The second-order valence-corrected chi connectivity index (χ2v) is 6.76. The average molecular weight is 416 g/mol. The van der Waals surface area contributed by atoms with Crippen LogP contribution in [0.1, 0.15) is 22.3 Å². The van der Waals surface area contributed by atoms with E-state index in [9.17, 15) is 39.5 Å². The molecule has 0 N–H and O–H groups in total. The number of rotatable bonds is 3. The third-order valence-corrected chi connectivity index (χ3v) is 4.85. The molecule has 0 saturated carbocycles. The van der Waals surface area contributed by atoms with Crippen molar-refractivity contribution in [3.8, 4) is 0 Å². The third-order valence-electron chi connectivity index (χ3n) is 3.47. The fraction of sp³-hybridized carbons (Fsp3) is 0.176. The predicted molar refractivity (Wildman–Crippen MR) is 84.9 cm³/mol. The Balaban J connectivity index is 2.71. The molecule has 2 aromatic rings. The molecule has 0 nitrogen and oxygen atoms in total. The van der Waals surface area contributed by atoms with Crippen LogP contribution in [0.15, 0.2) is 49.0 Å². The maximum absolute atomic E-state index is 13.3. The van der Waals surface area contributed by atoms with Gasteiger partial charge in [0.05, 0.1) is 16.7 Å². The Kier molecular flexibility index (Phi) is 5.66. The van der Waals surface area contributed by atoms with Crippen LogP contribution >= 0.6 is 8.58 Å². The minimum atomic E-state index is -5.40. The molecule has 0 fully saturated rings. The number of halogens is 9. The van der Waals surface area contributed by atoms with Crippen LogP contribution in [0.25, 0.3) is 5.31 Å². The summed E-state index contributed by atoms with van der Waals surface area (Å²) >= 11 is 0. The molecule has 0 aromatic heterocycles. The van der Waals surface area contributed by atoms with Gasteiger partial charge in [-0.2, -0.15) is 39.5 Å². The topological polar surface area (TPSA) is 0 Å². The standard InChI is InChI=1S/C17H10F9P/c1-9(10-5-3-2-4-6-10)27-14-12(16(21,22)23)7-11(15(18,19)20)8-13(14)17(24,25)26/h2-8,27H,1H2. The van der Waals surface area contributed by atoms with Gasteiger partial charge in [-0.15, -0.1) is 0 Å². The van der Waals surface area contributed by atoms with E-state index in [-0.39, 0.29) is 23.0 Å². The zero-order chi connectivity index (χ0) is 20.6. The fourth-order valence-corrected chi connectivity index (χ4v) is 3.56. The molecule has 0 radical (unpaired) electrons. The summed E-state index contributed by atoms with van der Waals surface area (Å²) in [5.41, 5.74) is -5.67. The number of benzene rings is 2. The van der Waals surface area contributed by atoms with Gasteiger partial charge in [0.25, 0.3) is 0 Å². The van der Waals surface area contributed by atoms with Gasteiger partial charge in [0.1, 0.15) is 0 Å². The van der Waals surface area contributed by atoms with Crippen molar-refractivity contribution in [1.82, 2.24) is 0 Å². The van der Waals surface area contributed by atoms with Gasteiger partial charge in [-0.25, -0.2) is 0 Å². The lowest BCUT2D eigenvalue weighted by Crippen LogP contribution is -2.26. The highest BCUT2D eigenvalue weighted by Crippen LogP contribution is 2.44. The van der Waals surface area contributed by atoms with Gasteiger partial charge in [0, 0.05) is 5.30 Å². The van der Waals surface area contributed by atoms with Gasteiger partial charge in [-0.05, 0) is 23.0 Å². The summed E-state index contributed by atoms with van der Waals surface area (Å²) in [6.07, 6.45) is -16.2. The van der Waals surface area contributed by atoms with E-state index in [2.05, 4.69) is 6.58 Å². The molecule has 0 heterocycles. The molecular formula is C17H10F9P. The SMILES string of the molecule is C=C(Pc1c(C(F)(F)F)cc(C(F)(F)F)cc1C(F)(F)F)c1ccccc1. The van der Waals surface area contributed by atoms with Gasteiger partial charge < -0.3 is 0 Å². The number of hydrogen-bond donors (Lipinski definition) is 0. The first kappa shape index (κ1) is 21.3. The second kappa shape index (κ2) is 7.19. The van der Waals surface area contributed by atoms with Crippen molar-refractivity contribution in [2.24, 2.45) is 0 Å². The lowest BCUT2D eigenvalue weighted by Gasteiger charge is -2.22. The van der Waals surface area contributed by atoms with Crippen LogP contribution < -0.4 is 5.30 Å². The highest BCUT2D eigenvalue weighted by atomic mass is 31.1. The first-order valence-electron chi connectivity index (χ1n) is 7.12. The Morgan fingerprint density at radius 2 is 1.15 bits per heavy atom. The Labute approximate surface area is 149 Å². The quantitative estimate of drug-likeness (QED) is 0.385. The van der Waals surface area contributed by atoms with Gasteiger partial charge >= 0.3 is 18.5 Å².